The van der Waals surface area contributed by atoms with Gasteiger partial charge in [-0.25, -0.2) is 9.37 Å². The van der Waals surface area contributed by atoms with Gasteiger partial charge in [0.05, 0.1) is 6.61 Å². The Kier molecular flexibility index (Phi) is 4.47. The highest BCUT2D eigenvalue weighted by Crippen LogP contribution is 2.32. The zero-order chi connectivity index (χ0) is 19.1. The number of nitrogens with zero attached hydrogens (tertiary/aromatic N) is 5. The van der Waals surface area contributed by atoms with Crippen molar-refractivity contribution in [2.75, 3.05) is 26.7 Å². The van der Waals surface area contributed by atoms with Gasteiger partial charge >= 0.3 is 0 Å². The van der Waals surface area contributed by atoms with E-state index in [4.69, 9.17) is 9.72 Å². The molecule has 2 aromatic heterocycles. The maximum Gasteiger partial charge on any atom is 0.167 e. The highest BCUT2D eigenvalue weighted by Gasteiger charge is 2.23. The summed E-state index contributed by atoms with van der Waals surface area (Å²) in [5.74, 6) is 1.99. The first-order valence-electron chi connectivity index (χ1n) is 10.00. The molecule has 4 heterocycles. The molecule has 5 rings (SSSR count). The third kappa shape index (κ3) is 3.03. The minimum absolute atomic E-state index is 0.160. The van der Waals surface area contributed by atoms with Gasteiger partial charge in [0.1, 0.15) is 23.7 Å². The van der Waals surface area contributed by atoms with Crippen molar-refractivity contribution in [2.45, 2.75) is 38.0 Å². The van der Waals surface area contributed by atoms with Gasteiger partial charge in [-0.3, -0.25) is 4.40 Å². The quantitative estimate of drug-likeness (QED) is 0.696. The molecule has 1 aromatic carbocycles. The van der Waals surface area contributed by atoms with Crippen molar-refractivity contribution in [3.8, 4) is 5.75 Å². The molecule has 0 radical (unpaired) electrons. The third-order valence-electron chi connectivity index (χ3n) is 6.13. The second-order valence-electron chi connectivity index (χ2n) is 7.83. The van der Waals surface area contributed by atoms with Crippen LogP contribution in [0.25, 0.3) is 5.65 Å². The molecule has 1 saturated heterocycles. The van der Waals surface area contributed by atoms with Gasteiger partial charge in [-0.2, -0.15) is 0 Å². The minimum atomic E-state index is -0.160. The topological polar surface area (TPSA) is 55.6 Å². The Labute approximate surface area is 163 Å². The van der Waals surface area contributed by atoms with Crippen molar-refractivity contribution in [1.82, 2.24) is 24.5 Å². The Bertz CT molecular complexity index is 1010. The van der Waals surface area contributed by atoms with Crippen LogP contribution in [-0.2, 0) is 19.3 Å². The first-order valence-corrected chi connectivity index (χ1v) is 10.00. The standard InChI is InChI=1S/C21H24FN5O/c1-26-9-6-14(7-10-26)17-12-23-20(27-13-24-25-21(17)27)5-2-15-16-8-11-28-19(16)4-3-18(15)22/h3-4,12-14H,2,5-11H2,1H3. The highest BCUT2D eigenvalue weighted by molar-refractivity contribution is 5.48. The molecule has 1 fully saturated rings. The van der Waals surface area contributed by atoms with Crippen LogP contribution < -0.4 is 4.74 Å². The summed E-state index contributed by atoms with van der Waals surface area (Å²) in [5.41, 5.74) is 3.82. The fourth-order valence-electron chi connectivity index (χ4n) is 4.50. The lowest BCUT2D eigenvalue weighted by atomic mass is 9.91. The number of likely N-dealkylation sites (tertiary alicyclic amines) is 1. The number of aromatic nitrogens is 4. The van der Waals surface area contributed by atoms with E-state index < -0.39 is 0 Å². The van der Waals surface area contributed by atoms with Gasteiger partial charge in [0, 0.05) is 30.2 Å². The number of fused-ring (bicyclic) bond motifs is 2. The van der Waals surface area contributed by atoms with Crippen molar-refractivity contribution in [3.63, 3.8) is 0 Å². The third-order valence-corrected chi connectivity index (χ3v) is 6.13. The number of aryl methyl sites for hydroxylation is 1. The van der Waals surface area contributed by atoms with Crippen molar-refractivity contribution in [1.29, 1.82) is 0 Å². The fourth-order valence-corrected chi connectivity index (χ4v) is 4.50. The first kappa shape index (κ1) is 17.6. The van der Waals surface area contributed by atoms with Crippen LogP contribution >= 0.6 is 0 Å². The maximum absolute atomic E-state index is 14.4. The molecule has 0 atom stereocenters. The molecule has 3 aromatic rings. The van der Waals surface area contributed by atoms with Gasteiger partial charge in [0.25, 0.3) is 0 Å². The summed E-state index contributed by atoms with van der Waals surface area (Å²) in [6.07, 6.45) is 7.91. The lowest BCUT2D eigenvalue weighted by Gasteiger charge is -2.29. The summed E-state index contributed by atoms with van der Waals surface area (Å²) < 4.78 is 22.0. The molecule has 0 N–H and O–H groups in total. The molecule has 0 unspecified atom stereocenters. The predicted molar refractivity (Wildman–Crippen MR) is 103 cm³/mol. The summed E-state index contributed by atoms with van der Waals surface area (Å²) in [6.45, 7) is 2.81. The Morgan fingerprint density at radius 2 is 2.07 bits per heavy atom. The second-order valence-corrected chi connectivity index (χ2v) is 7.83. The zero-order valence-electron chi connectivity index (χ0n) is 16.1. The molecule has 2 aliphatic heterocycles. The Morgan fingerprint density at radius 3 is 2.93 bits per heavy atom. The molecule has 6 nitrogen and oxygen atoms in total. The van der Waals surface area contributed by atoms with Gasteiger partial charge < -0.3 is 9.64 Å². The molecule has 0 aliphatic carbocycles. The van der Waals surface area contributed by atoms with Gasteiger partial charge in [0.2, 0.25) is 0 Å². The van der Waals surface area contributed by atoms with E-state index in [-0.39, 0.29) is 5.82 Å². The van der Waals surface area contributed by atoms with Crippen molar-refractivity contribution in [2.24, 2.45) is 0 Å². The monoisotopic (exact) mass is 381 g/mol. The van der Waals surface area contributed by atoms with E-state index in [1.807, 2.05) is 10.6 Å². The van der Waals surface area contributed by atoms with Gasteiger partial charge in [-0.1, -0.05) is 0 Å². The van der Waals surface area contributed by atoms with Crippen LogP contribution in [0, 0.1) is 5.82 Å². The molecule has 0 amide bonds. The Hall–Kier alpha value is -2.54. The van der Waals surface area contributed by atoms with Crippen LogP contribution in [0.4, 0.5) is 4.39 Å². The second kappa shape index (κ2) is 7.13. The minimum Gasteiger partial charge on any atom is -0.493 e. The molecular weight excluding hydrogens is 357 g/mol. The molecule has 0 spiro atoms. The molecule has 0 saturated carbocycles. The summed E-state index contributed by atoms with van der Waals surface area (Å²) >= 11 is 0. The average Bonchev–Trinajstić information content (AvgIpc) is 3.37. The first-order chi connectivity index (χ1) is 13.7. The van der Waals surface area contributed by atoms with Gasteiger partial charge in [-0.15, -0.1) is 10.2 Å². The van der Waals surface area contributed by atoms with E-state index in [9.17, 15) is 4.39 Å². The SMILES string of the molecule is CN1CCC(c2cnc(CCc3c(F)ccc4c3CCO4)n3cnnc23)CC1. The number of ether oxygens (including phenoxy) is 1. The highest BCUT2D eigenvalue weighted by atomic mass is 19.1. The lowest BCUT2D eigenvalue weighted by Crippen LogP contribution is -2.29. The molecular formula is C21H24FN5O. The van der Waals surface area contributed by atoms with E-state index in [1.54, 1.807) is 12.4 Å². The van der Waals surface area contributed by atoms with E-state index in [1.165, 1.54) is 11.6 Å². The van der Waals surface area contributed by atoms with Crippen LogP contribution in [0.3, 0.4) is 0 Å². The molecule has 7 heteroatoms. The van der Waals surface area contributed by atoms with Crippen LogP contribution in [0.2, 0.25) is 0 Å². The van der Waals surface area contributed by atoms with Crippen LogP contribution in [0.5, 0.6) is 5.75 Å². The molecule has 28 heavy (non-hydrogen) atoms. The number of rotatable bonds is 4. The zero-order valence-corrected chi connectivity index (χ0v) is 16.1. The normalized spacial score (nSPS) is 17.8. The number of halogens is 1. The summed E-state index contributed by atoms with van der Waals surface area (Å²) in [6, 6.07) is 3.23. The Balaban J connectivity index is 1.42. The fraction of sp³-hybridized carbons (Fsp3) is 0.476. The van der Waals surface area contributed by atoms with Crippen molar-refractivity contribution >= 4 is 5.65 Å². The smallest absolute Gasteiger partial charge is 0.167 e. The summed E-state index contributed by atoms with van der Waals surface area (Å²) in [5, 5.41) is 8.50. The Morgan fingerprint density at radius 1 is 1.21 bits per heavy atom. The predicted octanol–water partition coefficient (Wildman–Crippen LogP) is 2.79. The van der Waals surface area contributed by atoms with Gasteiger partial charge in [0.15, 0.2) is 5.65 Å². The average molecular weight is 381 g/mol. The number of benzene rings is 1. The number of hydrogen-bond acceptors (Lipinski definition) is 5. The largest absolute Gasteiger partial charge is 0.493 e. The van der Waals surface area contributed by atoms with Crippen molar-refractivity contribution in [3.05, 3.63) is 53.0 Å². The van der Waals surface area contributed by atoms with Crippen molar-refractivity contribution < 1.29 is 9.13 Å². The lowest BCUT2D eigenvalue weighted by molar-refractivity contribution is 0.255. The van der Waals surface area contributed by atoms with E-state index in [0.717, 1.165) is 60.7 Å². The summed E-state index contributed by atoms with van der Waals surface area (Å²) in [7, 11) is 2.16. The summed E-state index contributed by atoms with van der Waals surface area (Å²) in [4.78, 5) is 7.08. The van der Waals surface area contributed by atoms with E-state index in [2.05, 4.69) is 22.1 Å². The van der Waals surface area contributed by atoms with Crippen LogP contribution in [-0.4, -0.2) is 51.2 Å². The molecule has 146 valence electrons. The molecule has 0 bridgehead atoms. The number of piperidine rings is 1. The van der Waals surface area contributed by atoms with Crippen LogP contribution in [0.1, 0.15) is 41.3 Å². The maximum atomic E-state index is 14.4. The van der Waals surface area contributed by atoms with Gasteiger partial charge in [-0.05, 0) is 63.0 Å². The molecule has 2 aliphatic rings. The van der Waals surface area contributed by atoms with E-state index >= 15 is 0 Å². The number of hydrogen-bond donors (Lipinski definition) is 0. The van der Waals surface area contributed by atoms with E-state index in [0.29, 0.717) is 25.4 Å². The van der Waals surface area contributed by atoms with Crippen LogP contribution in [0.15, 0.2) is 24.7 Å².